The Morgan fingerprint density at radius 3 is 2.59 bits per heavy atom. The molecular formula is C14H23NO2. The third-order valence-corrected chi connectivity index (χ3v) is 5.04. The second-order valence-corrected chi connectivity index (χ2v) is 6.11. The monoisotopic (exact) mass is 237 g/mol. The molecule has 2 aliphatic rings. The molecule has 1 spiro atoms. The number of amides is 2. The van der Waals surface area contributed by atoms with Crippen LogP contribution in [0.25, 0.3) is 0 Å². The van der Waals surface area contributed by atoms with Gasteiger partial charge in [-0.15, -0.1) is 0 Å². The fourth-order valence-corrected chi connectivity index (χ4v) is 3.83. The van der Waals surface area contributed by atoms with E-state index in [1.807, 2.05) is 0 Å². The summed E-state index contributed by atoms with van der Waals surface area (Å²) in [6, 6.07) is 0. The number of carbonyl (C=O) groups excluding carboxylic acids is 2. The van der Waals surface area contributed by atoms with Crippen LogP contribution in [0.4, 0.5) is 0 Å². The van der Waals surface area contributed by atoms with Crippen LogP contribution in [-0.2, 0) is 9.59 Å². The number of imide groups is 1. The Kier molecular flexibility index (Phi) is 3.28. The second kappa shape index (κ2) is 4.43. The van der Waals surface area contributed by atoms with E-state index in [4.69, 9.17) is 0 Å². The lowest BCUT2D eigenvalue weighted by molar-refractivity contribution is -0.147. The lowest BCUT2D eigenvalue weighted by Crippen LogP contribution is -2.54. The van der Waals surface area contributed by atoms with Crippen LogP contribution >= 0.6 is 0 Å². The predicted molar refractivity (Wildman–Crippen MR) is 66.2 cm³/mol. The van der Waals surface area contributed by atoms with E-state index in [1.54, 1.807) is 0 Å². The Balaban J connectivity index is 2.26. The van der Waals surface area contributed by atoms with Crippen molar-refractivity contribution in [3.05, 3.63) is 0 Å². The summed E-state index contributed by atoms with van der Waals surface area (Å²) in [7, 11) is 0. The van der Waals surface area contributed by atoms with E-state index in [9.17, 15) is 9.59 Å². The third-order valence-electron chi connectivity index (χ3n) is 5.04. The highest BCUT2D eigenvalue weighted by Crippen LogP contribution is 2.51. The van der Waals surface area contributed by atoms with Gasteiger partial charge < -0.3 is 0 Å². The molecule has 4 unspecified atom stereocenters. The maximum atomic E-state index is 12.0. The average molecular weight is 237 g/mol. The van der Waals surface area contributed by atoms with Gasteiger partial charge in [-0.25, -0.2) is 0 Å². The van der Waals surface area contributed by atoms with Crippen LogP contribution < -0.4 is 5.32 Å². The topological polar surface area (TPSA) is 46.2 Å². The molecule has 0 bridgehead atoms. The molecule has 1 saturated heterocycles. The lowest BCUT2D eigenvalue weighted by atomic mass is 9.57. The van der Waals surface area contributed by atoms with Gasteiger partial charge in [-0.05, 0) is 42.9 Å². The molecule has 3 nitrogen and oxygen atoms in total. The molecule has 1 heterocycles. The summed E-state index contributed by atoms with van der Waals surface area (Å²) >= 11 is 0. The largest absolute Gasteiger partial charge is 0.296 e. The summed E-state index contributed by atoms with van der Waals surface area (Å²) in [5.74, 6) is 1.27. The molecule has 4 atom stereocenters. The Morgan fingerprint density at radius 1 is 1.29 bits per heavy atom. The standard InChI is InChI=1S/C14H23NO2/c1-4-11-13(17)15-12(16)8-14(11)6-5-9(2)10(3)7-14/h9-11H,4-8H2,1-3H3,(H,15,16,17). The van der Waals surface area contributed by atoms with Crippen molar-refractivity contribution in [2.45, 2.75) is 52.9 Å². The number of hydrogen-bond donors (Lipinski definition) is 1. The fraction of sp³-hybridized carbons (Fsp3) is 0.857. The molecular weight excluding hydrogens is 214 g/mol. The normalized spacial score (nSPS) is 42.6. The zero-order chi connectivity index (χ0) is 12.6. The van der Waals surface area contributed by atoms with Gasteiger partial charge in [-0.1, -0.05) is 20.8 Å². The van der Waals surface area contributed by atoms with Crippen molar-refractivity contribution in [1.29, 1.82) is 0 Å². The van der Waals surface area contributed by atoms with E-state index in [0.29, 0.717) is 12.3 Å². The molecule has 2 rings (SSSR count). The SMILES string of the molecule is CCC1C(=O)NC(=O)CC12CCC(C)C(C)C2. The molecule has 96 valence electrons. The van der Waals surface area contributed by atoms with Gasteiger partial charge in [0, 0.05) is 12.3 Å². The maximum absolute atomic E-state index is 12.0. The van der Waals surface area contributed by atoms with Crippen molar-refractivity contribution in [3.8, 4) is 0 Å². The van der Waals surface area contributed by atoms with E-state index >= 15 is 0 Å². The molecule has 1 aliphatic heterocycles. The molecule has 0 radical (unpaired) electrons. The number of rotatable bonds is 1. The first-order valence-corrected chi connectivity index (χ1v) is 6.82. The highest BCUT2D eigenvalue weighted by Gasteiger charge is 2.50. The smallest absolute Gasteiger partial charge is 0.230 e. The Bertz CT molecular complexity index is 339. The fourth-order valence-electron chi connectivity index (χ4n) is 3.83. The average Bonchev–Trinajstić information content (AvgIpc) is 2.23. The van der Waals surface area contributed by atoms with Crippen LogP contribution in [0.5, 0.6) is 0 Å². The van der Waals surface area contributed by atoms with Gasteiger partial charge in [-0.2, -0.15) is 0 Å². The van der Waals surface area contributed by atoms with E-state index in [0.717, 1.165) is 31.6 Å². The van der Waals surface area contributed by atoms with Gasteiger partial charge in [0.1, 0.15) is 0 Å². The molecule has 1 N–H and O–H groups in total. The summed E-state index contributed by atoms with van der Waals surface area (Å²) in [6.45, 7) is 6.60. The Hall–Kier alpha value is -0.860. The van der Waals surface area contributed by atoms with Crippen molar-refractivity contribution in [3.63, 3.8) is 0 Å². The second-order valence-electron chi connectivity index (χ2n) is 6.11. The molecule has 0 aromatic heterocycles. The number of hydrogen-bond acceptors (Lipinski definition) is 2. The summed E-state index contributed by atoms with van der Waals surface area (Å²) in [4.78, 5) is 23.6. The number of carbonyl (C=O) groups is 2. The van der Waals surface area contributed by atoms with Gasteiger partial charge in [-0.3, -0.25) is 14.9 Å². The quantitative estimate of drug-likeness (QED) is 0.712. The van der Waals surface area contributed by atoms with Crippen LogP contribution in [-0.4, -0.2) is 11.8 Å². The van der Waals surface area contributed by atoms with Crippen LogP contribution in [0.15, 0.2) is 0 Å². The molecule has 0 aromatic carbocycles. The minimum atomic E-state index is -0.0681. The van der Waals surface area contributed by atoms with Crippen LogP contribution in [0, 0.1) is 23.2 Å². The van der Waals surface area contributed by atoms with Gasteiger partial charge in [0.05, 0.1) is 0 Å². The van der Waals surface area contributed by atoms with Crippen molar-refractivity contribution in [2.24, 2.45) is 23.2 Å². The predicted octanol–water partition coefficient (Wildman–Crippen LogP) is 2.50. The summed E-state index contributed by atoms with van der Waals surface area (Å²) in [5, 5.41) is 2.50. The highest BCUT2D eigenvalue weighted by atomic mass is 16.2. The van der Waals surface area contributed by atoms with Crippen LogP contribution in [0.3, 0.4) is 0 Å². The van der Waals surface area contributed by atoms with E-state index in [1.165, 1.54) is 0 Å². The van der Waals surface area contributed by atoms with Crippen molar-refractivity contribution < 1.29 is 9.59 Å². The molecule has 1 saturated carbocycles. The first kappa shape index (κ1) is 12.6. The van der Waals surface area contributed by atoms with E-state index in [2.05, 4.69) is 26.1 Å². The van der Waals surface area contributed by atoms with Crippen molar-refractivity contribution in [1.82, 2.24) is 5.32 Å². The van der Waals surface area contributed by atoms with E-state index < -0.39 is 0 Å². The minimum absolute atomic E-state index is 0.0366. The first-order valence-electron chi connectivity index (χ1n) is 6.82. The maximum Gasteiger partial charge on any atom is 0.230 e. The van der Waals surface area contributed by atoms with Gasteiger partial charge in [0.25, 0.3) is 0 Å². The van der Waals surface area contributed by atoms with Gasteiger partial charge in [0.15, 0.2) is 0 Å². The van der Waals surface area contributed by atoms with Gasteiger partial charge in [0.2, 0.25) is 11.8 Å². The number of piperidine rings is 1. The molecule has 3 heteroatoms. The van der Waals surface area contributed by atoms with Crippen LogP contribution in [0.1, 0.15) is 52.9 Å². The Morgan fingerprint density at radius 2 is 2.00 bits per heavy atom. The molecule has 2 amide bonds. The highest BCUT2D eigenvalue weighted by molar-refractivity contribution is 5.99. The summed E-state index contributed by atoms with van der Waals surface area (Å²) < 4.78 is 0. The summed E-state index contributed by atoms with van der Waals surface area (Å²) in [5.41, 5.74) is -0.0416. The van der Waals surface area contributed by atoms with E-state index in [-0.39, 0.29) is 23.1 Å². The first-order chi connectivity index (χ1) is 7.98. The Labute approximate surface area is 103 Å². The minimum Gasteiger partial charge on any atom is -0.296 e. The summed E-state index contributed by atoms with van der Waals surface area (Å²) in [6.07, 6.45) is 4.62. The number of nitrogens with one attached hydrogen (secondary N) is 1. The van der Waals surface area contributed by atoms with Gasteiger partial charge >= 0.3 is 0 Å². The molecule has 1 aliphatic carbocycles. The van der Waals surface area contributed by atoms with Crippen molar-refractivity contribution >= 4 is 11.8 Å². The van der Waals surface area contributed by atoms with Crippen LogP contribution in [0.2, 0.25) is 0 Å². The molecule has 0 aromatic rings. The zero-order valence-electron chi connectivity index (χ0n) is 11.1. The zero-order valence-corrected chi connectivity index (χ0v) is 11.1. The van der Waals surface area contributed by atoms with Crippen molar-refractivity contribution in [2.75, 3.05) is 0 Å². The molecule has 2 fully saturated rings. The molecule has 17 heavy (non-hydrogen) atoms. The third kappa shape index (κ3) is 2.12. The lowest BCUT2D eigenvalue weighted by Gasteiger charge is -2.48.